The van der Waals surface area contributed by atoms with E-state index in [1.54, 1.807) is 31.2 Å². The molecule has 1 unspecified atom stereocenters. The van der Waals surface area contributed by atoms with E-state index < -0.39 is 23.4 Å². The normalized spacial score (nSPS) is 18.6. The molecule has 0 radical (unpaired) electrons. The number of urea groups is 1. The van der Waals surface area contributed by atoms with E-state index in [0.29, 0.717) is 5.56 Å². The summed E-state index contributed by atoms with van der Waals surface area (Å²) in [5.74, 6) is -0.990. The molecule has 152 valence electrons. The molecule has 1 saturated heterocycles. The Morgan fingerprint density at radius 3 is 2.47 bits per heavy atom. The summed E-state index contributed by atoms with van der Waals surface area (Å²) in [5, 5.41) is 4.40. The Bertz CT molecular complexity index is 1180. The zero-order valence-corrected chi connectivity index (χ0v) is 17.0. The van der Waals surface area contributed by atoms with Crippen LogP contribution < -0.4 is 10.7 Å². The third kappa shape index (κ3) is 3.18. The summed E-state index contributed by atoms with van der Waals surface area (Å²) in [5.41, 5.74) is 5.22. The van der Waals surface area contributed by atoms with E-state index >= 15 is 0 Å². The fraction of sp³-hybridized carbons (Fsp3) is 0.217. The van der Waals surface area contributed by atoms with Gasteiger partial charge in [-0.15, -0.1) is 0 Å². The van der Waals surface area contributed by atoms with Gasteiger partial charge in [0.2, 0.25) is 5.91 Å². The number of hydrogen-bond acceptors (Lipinski definition) is 4. The van der Waals surface area contributed by atoms with Crippen molar-refractivity contribution in [1.82, 2.24) is 20.7 Å². The van der Waals surface area contributed by atoms with Gasteiger partial charge in [0.1, 0.15) is 5.54 Å². The number of fused-ring (bicyclic) bond motifs is 1. The van der Waals surface area contributed by atoms with E-state index in [-0.39, 0.29) is 6.42 Å². The molecule has 1 aliphatic rings. The molecule has 2 N–H and O–H groups in total. The second-order valence-corrected chi connectivity index (χ2v) is 7.59. The van der Waals surface area contributed by atoms with E-state index in [1.165, 1.54) is 0 Å². The second-order valence-electron chi connectivity index (χ2n) is 7.59. The molecule has 4 amide bonds. The number of benzene rings is 2. The highest BCUT2D eigenvalue weighted by atomic mass is 16.2. The molecule has 7 heteroatoms. The lowest BCUT2D eigenvalue weighted by Crippen LogP contribution is -2.48. The van der Waals surface area contributed by atoms with Gasteiger partial charge in [-0.05, 0) is 43.5 Å². The number of nitrogens with one attached hydrogen (secondary N) is 2. The van der Waals surface area contributed by atoms with Gasteiger partial charge >= 0.3 is 6.03 Å². The van der Waals surface area contributed by atoms with Crippen molar-refractivity contribution in [3.63, 3.8) is 0 Å². The molecule has 0 saturated carbocycles. The first-order valence-corrected chi connectivity index (χ1v) is 9.68. The summed E-state index contributed by atoms with van der Waals surface area (Å²) in [6, 6.07) is 16.0. The average Bonchev–Trinajstić information content (AvgIpc) is 2.96. The number of rotatable bonds is 4. The number of carbonyl (C=O) groups excluding carboxylic acids is 3. The number of para-hydroxylation sites is 1. The van der Waals surface area contributed by atoms with E-state index in [0.717, 1.165) is 32.7 Å². The van der Waals surface area contributed by atoms with Crippen LogP contribution in [0.1, 0.15) is 29.3 Å². The largest absolute Gasteiger partial charge is 0.344 e. The number of amides is 4. The third-order valence-corrected chi connectivity index (χ3v) is 5.60. The molecule has 1 aliphatic heterocycles. The van der Waals surface area contributed by atoms with Gasteiger partial charge in [0.25, 0.3) is 5.91 Å². The molecule has 0 spiro atoms. The zero-order valence-electron chi connectivity index (χ0n) is 17.0. The summed E-state index contributed by atoms with van der Waals surface area (Å²) >= 11 is 0. The summed E-state index contributed by atoms with van der Waals surface area (Å²) < 4.78 is 0. The minimum Gasteiger partial charge on any atom is -0.318 e. The van der Waals surface area contributed by atoms with Crippen LogP contribution in [0.3, 0.4) is 0 Å². The van der Waals surface area contributed by atoms with Gasteiger partial charge in [-0.3, -0.25) is 20.0 Å². The summed E-state index contributed by atoms with van der Waals surface area (Å²) in [6.07, 6.45) is 0.00854. The molecular formula is C23H22N4O3. The van der Waals surface area contributed by atoms with Gasteiger partial charge in [-0.2, -0.15) is 5.01 Å². The van der Waals surface area contributed by atoms with Crippen LogP contribution in [-0.2, 0) is 21.5 Å². The Hall–Kier alpha value is -3.74. The molecule has 2 aromatic carbocycles. The first-order valence-electron chi connectivity index (χ1n) is 9.68. The van der Waals surface area contributed by atoms with Crippen molar-refractivity contribution in [1.29, 1.82) is 0 Å². The Labute approximate surface area is 174 Å². The average molecular weight is 402 g/mol. The van der Waals surface area contributed by atoms with Crippen LogP contribution in [0.15, 0.2) is 54.6 Å². The van der Waals surface area contributed by atoms with Crippen molar-refractivity contribution in [3.05, 3.63) is 77.0 Å². The lowest BCUT2D eigenvalue weighted by atomic mass is 9.92. The van der Waals surface area contributed by atoms with Crippen LogP contribution in [-0.4, -0.2) is 27.8 Å². The zero-order chi connectivity index (χ0) is 21.5. The third-order valence-electron chi connectivity index (χ3n) is 5.60. The SMILES string of the molecule is Cc1nc2ccccc2c(C)c1CC(=O)NN1C(=O)NC(C)(c2ccccc2)C1=O. The Kier molecular flexibility index (Phi) is 4.73. The maximum Gasteiger partial charge on any atom is 0.344 e. The predicted octanol–water partition coefficient (Wildman–Crippen LogP) is 2.89. The number of aromatic nitrogens is 1. The number of pyridine rings is 1. The van der Waals surface area contributed by atoms with Crippen LogP contribution in [0.4, 0.5) is 4.79 Å². The maximum absolute atomic E-state index is 13.0. The molecule has 4 rings (SSSR count). The first-order chi connectivity index (χ1) is 14.3. The van der Waals surface area contributed by atoms with Gasteiger partial charge in [-0.25, -0.2) is 4.79 Å². The highest BCUT2D eigenvalue weighted by Crippen LogP contribution is 2.28. The highest BCUT2D eigenvalue weighted by Gasteiger charge is 2.49. The van der Waals surface area contributed by atoms with Crippen molar-refractivity contribution in [2.75, 3.05) is 0 Å². The summed E-state index contributed by atoms with van der Waals surface area (Å²) in [7, 11) is 0. The molecule has 30 heavy (non-hydrogen) atoms. The number of hydrazine groups is 1. The number of imide groups is 1. The van der Waals surface area contributed by atoms with Gasteiger partial charge < -0.3 is 5.32 Å². The molecule has 2 heterocycles. The fourth-order valence-electron chi connectivity index (χ4n) is 3.86. The monoisotopic (exact) mass is 402 g/mol. The van der Waals surface area contributed by atoms with E-state index in [2.05, 4.69) is 15.7 Å². The van der Waals surface area contributed by atoms with Crippen LogP contribution in [0.25, 0.3) is 10.9 Å². The molecular weight excluding hydrogens is 380 g/mol. The second kappa shape index (κ2) is 7.26. The Balaban J connectivity index is 1.56. The van der Waals surface area contributed by atoms with E-state index in [1.807, 2.05) is 44.2 Å². The summed E-state index contributed by atoms with van der Waals surface area (Å²) in [4.78, 5) is 42.7. The first kappa shape index (κ1) is 19.6. The molecule has 1 fully saturated rings. The quantitative estimate of drug-likeness (QED) is 0.657. The molecule has 3 aromatic rings. The van der Waals surface area contributed by atoms with Crippen molar-refractivity contribution < 1.29 is 14.4 Å². The van der Waals surface area contributed by atoms with Gasteiger partial charge in [0.05, 0.1) is 11.9 Å². The van der Waals surface area contributed by atoms with Crippen LogP contribution >= 0.6 is 0 Å². The number of nitrogens with zero attached hydrogens (tertiary/aromatic N) is 2. The molecule has 0 bridgehead atoms. The van der Waals surface area contributed by atoms with Crippen LogP contribution in [0.5, 0.6) is 0 Å². The standard InChI is InChI=1S/C23H22N4O3/c1-14-17-11-7-8-12-19(17)24-15(2)18(14)13-20(28)26-27-21(29)23(3,25-22(27)30)16-9-5-4-6-10-16/h4-12H,13H2,1-3H3,(H,25,30)(H,26,28). The van der Waals surface area contributed by atoms with E-state index in [9.17, 15) is 14.4 Å². The van der Waals surface area contributed by atoms with Crippen molar-refractivity contribution in [3.8, 4) is 0 Å². The Morgan fingerprint density at radius 1 is 1.07 bits per heavy atom. The number of aryl methyl sites for hydroxylation is 2. The molecule has 1 atom stereocenters. The number of carbonyl (C=O) groups is 3. The molecule has 1 aromatic heterocycles. The topological polar surface area (TPSA) is 91.4 Å². The number of hydrogen-bond donors (Lipinski definition) is 2. The summed E-state index contributed by atoms with van der Waals surface area (Å²) in [6.45, 7) is 5.42. The Morgan fingerprint density at radius 2 is 1.73 bits per heavy atom. The lowest BCUT2D eigenvalue weighted by molar-refractivity contribution is -0.138. The molecule has 0 aliphatic carbocycles. The minimum atomic E-state index is -1.23. The fourth-order valence-corrected chi connectivity index (χ4v) is 3.86. The predicted molar refractivity (Wildman–Crippen MR) is 112 cm³/mol. The van der Waals surface area contributed by atoms with Gasteiger partial charge in [0, 0.05) is 11.1 Å². The van der Waals surface area contributed by atoms with E-state index in [4.69, 9.17) is 0 Å². The highest BCUT2D eigenvalue weighted by molar-refractivity contribution is 6.08. The smallest absolute Gasteiger partial charge is 0.318 e. The van der Waals surface area contributed by atoms with Crippen molar-refractivity contribution >= 4 is 28.7 Å². The lowest BCUT2D eigenvalue weighted by Gasteiger charge is -2.22. The maximum atomic E-state index is 13.0. The van der Waals surface area contributed by atoms with Gasteiger partial charge in [0.15, 0.2) is 0 Å². The molecule has 7 nitrogen and oxygen atoms in total. The van der Waals surface area contributed by atoms with Gasteiger partial charge in [-0.1, -0.05) is 48.5 Å². The van der Waals surface area contributed by atoms with Crippen LogP contribution in [0.2, 0.25) is 0 Å². The van der Waals surface area contributed by atoms with Crippen molar-refractivity contribution in [2.45, 2.75) is 32.7 Å². The van der Waals surface area contributed by atoms with Crippen LogP contribution in [0, 0.1) is 13.8 Å². The van der Waals surface area contributed by atoms with Crippen molar-refractivity contribution in [2.24, 2.45) is 0 Å². The minimum absolute atomic E-state index is 0.00854.